The number of hydroxylamine groups is 1. The maximum Gasteiger partial charge on any atom is 0.303 e. The second-order valence-electron chi connectivity index (χ2n) is 7.07. The van der Waals surface area contributed by atoms with Gasteiger partial charge in [-0.1, -0.05) is 14.7 Å². The zero-order valence-corrected chi connectivity index (χ0v) is 18.9. The van der Waals surface area contributed by atoms with Gasteiger partial charge in [0.2, 0.25) is 0 Å². The number of methoxy groups -OCH3 is 2. The number of nitrogens with zero attached hydrogens (tertiary/aromatic N) is 1. The Morgan fingerprint density at radius 3 is 2.77 bits per heavy atom. The number of carboxylic acids is 1. The van der Waals surface area contributed by atoms with Crippen LogP contribution in [0.5, 0.6) is 11.5 Å². The lowest BCUT2D eigenvalue weighted by Crippen LogP contribution is -2.31. The molecule has 1 aromatic carbocycles. The van der Waals surface area contributed by atoms with Crippen molar-refractivity contribution in [3.8, 4) is 11.5 Å². The van der Waals surface area contributed by atoms with Gasteiger partial charge in [0.25, 0.3) is 5.91 Å². The number of benzene rings is 1. The Bertz CT molecular complexity index is 774. The molecule has 3 unspecified atom stereocenters. The van der Waals surface area contributed by atoms with Crippen molar-refractivity contribution in [2.75, 3.05) is 39.0 Å². The highest BCUT2D eigenvalue weighted by Gasteiger charge is 2.43. The number of carbonyl (C=O) groups is 2. The van der Waals surface area contributed by atoms with Gasteiger partial charge in [-0.3, -0.25) is 14.8 Å². The van der Waals surface area contributed by atoms with Gasteiger partial charge in [0.05, 0.1) is 37.4 Å². The number of amides is 1. The Hall–Kier alpha value is -2.35. The third-order valence-corrected chi connectivity index (χ3v) is 6.38. The second kappa shape index (κ2) is 12.5. The van der Waals surface area contributed by atoms with Crippen molar-refractivity contribution in [3.05, 3.63) is 30.4 Å². The molecule has 3 rings (SSSR count). The van der Waals surface area contributed by atoms with E-state index in [4.69, 9.17) is 14.6 Å². The molecule has 0 aliphatic carbocycles. The molecule has 0 aromatic heterocycles. The topological polar surface area (TPSA) is 118 Å². The van der Waals surface area contributed by atoms with E-state index in [9.17, 15) is 14.8 Å². The third kappa shape index (κ3) is 7.38. The minimum absolute atomic E-state index is 0.00661. The maximum absolute atomic E-state index is 12.5. The van der Waals surface area contributed by atoms with Gasteiger partial charge in [0.15, 0.2) is 11.5 Å². The van der Waals surface area contributed by atoms with Crippen LogP contribution < -0.4 is 19.9 Å². The van der Waals surface area contributed by atoms with Crippen molar-refractivity contribution in [2.45, 2.75) is 37.1 Å². The molecular formula is C21H31N2O7P. The number of hydrogen-bond acceptors (Lipinski definition) is 7. The van der Waals surface area contributed by atoms with Crippen LogP contribution in [-0.4, -0.2) is 67.6 Å². The molecule has 0 bridgehead atoms. The van der Waals surface area contributed by atoms with Crippen LogP contribution >= 0.6 is 8.58 Å². The van der Waals surface area contributed by atoms with Gasteiger partial charge < -0.3 is 24.6 Å². The van der Waals surface area contributed by atoms with Crippen molar-refractivity contribution >= 4 is 26.1 Å². The van der Waals surface area contributed by atoms with Crippen LogP contribution in [-0.2, 0) is 9.53 Å². The number of nitrogens with one attached hydrogen (secondary N) is 1. The number of hydrogen-bond donors (Lipinski definition) is 3. The van der Waals surface area contributed by atoms with Crippen molar-refractivity contribution in [3.63, 3.8) is 0 Å². The highest BCUT2D eigenvalue weighted by molar-refractivity contribution is 7.49. The van der Waals surface area contributed by atoms with Gasteiger partial charge in [-0.2, -0.15) is 0 Å². The van der Waals surface area contributed by atoms with Crippen LogP contribution in [0.1, 0.15) is 36.0 Å². The summed E-state index contributed by atoms with van der Waals surface area (Å²) in [7, 11) is 3.75. The lowest BCUT2D eigenvalue weighted by molar-refractivity contribution is -0.137. The molecule has 0 spiro atoms. The normalized spacial score (nSPS) is 20.4. The Balaban J connectivity index is 0.000000614. The standard InChI is InChI=1S/C17H23N2O6P.C4H8O/c1-24-12-8-10-11(9-13(12)25-7-3-5-15(20)21)19(23)17-14(26-17)4-2-6-18-16(10)22;1-3-4-5-2/h8-9,14,17,23,26H,2-7H2,1H3,(H,18,22)(H,20,21);3H,1,4H2,2H3. The van der Waals surface area contributed by atoms with Crippen LogP contribution in [0.2, 0.25) is 0 Å². The molecule has 3 atom stereocenters. The third-order valence-electron chi connectivity index (χ3n) is 4.75. The van der Waals surface area contributed by atoms with E-state index in [0.29, 0.717) is 56.6 Å². The lowest BCUT2D eigenvalue weighted by atomic mass is 10.1. The first-order valence-corrected chi connectivity index (χ1v) is 11.3. The molecule has 172 valence electrons. The summed E-state index contributed by atoms with van der Waals surface area (Å²) in [5.41, 5.74) is 1.17. The van der Waals surface area contributed by atoms with Crippen molar-refractivity contribution in [2.24, 2.45) is 0 Å². The summed E-state index contributed by atoms with van der Waals surface area (Å²) in [6.45, 7) is 4.88. The molecule has 1 aromatic rings. The number of aliphatic carboxylic acids is 1. The van der Waals surface area contributed by atoms with Gasteiger partial charge in [-0.25, -0.2) is 5.06 Å². The number of anilines is 1. The molecule has 10 heteroatoms. The average molecular weight is 454 g/mol. The summed E-state index contributed by atoms with van der Waals surface area (Å²) in [5, 5.41) is 23.4. The molecule has 2 heterocycles. The summed E-state index contributed by atoms with van der Waals surface area (Å²) < 4.78 is 15.5. The van der Waals surface area contributed by atoms with Crippen LogP contribution in [0.3, 0.4) is 0 Å². The first-order chi connectivity index (χ1) is 14.9. The fourth-order valence-electron chi connectivity index (χ4n) is 3.13. The van der Waals surface area contributed by atoms with Crippen molar-refractivity contribution in [1.82, 2.24) is 5.32 Å². The molecule has 9 nitrogen and oxygen atoms in total. The molecule has 3 N–H and O–H groups in total. The van der Waals surface area contributed by atoms with Gasteiger partial charge in [-0.05, 0) is 25.3 Å². The minimum atomic E-state index is -0.884. The highest BCUT2D eigenvalue weighted by Crippen LogP contribution is 2.54. The Labute approximate surface area is 184 Å². The highest BCUT2D eigenvalue weighted by atomic mass is 31.1. The SMILES string of the molecule is C=CCOC.COc1cc2c(cc1OCCCC(=O)O)N(O)C1PC1CCCNC2=O. The Morgan fingerprint density at radius 1 is 1.39 bits per heavy atom. The number of carboxylic acid groups (broad SMARTS) is 1. The number of carbonyl (C=O) groups excluding carboxylic acids is 1. The lowest BCUT2D eigenvalue weighted by Gasteiger charge is -2.23. The summed E-state index contributed by atoms with van der Waals surface area (Å²) >= 11 is 0. The summed E-state index contributed by atoms with van der Waals surface area (Å²) in [6.07, 6.45) is 3.94. The minimum Gasteiger partial charge on any atom is -0.493 e. The molecule has 2 aliphatic heterocycles. The monoisotopic (exact) mass is 454 g/mol. The Morgan fingerprint density at radius 2 is 2.16 bits per heavy atom. The molecule has 1 amide bonds. The molecule has 1 saturated heterocycles. The largest absolute Gasteiger partial charge is 0.493 e. The van der Waals surface area contributed by atoms with Crippen molar-refractivity contribution < 1.29 is 34.1 Å². The van der Waals surface area contributed by atoms with Crippen LogP contribution in [0.4, 0.5) is 5.69 Å². The van der Waals surface area contributed by atoms with Gasteiger partial charge in [0, 0.05) is 31.8 Å². The summed E-state index contributed by atoms with van der Waals surface area (Å²) in [4.78, 5) is 23.1. The fourth-order valence-corrected chi connectivity index (χ4v) is 4.42. The van der Waals surface area contributed by atoms with E-state index in [2.05, 4.69) is 16.6 Å². The molecule has 1 fully saturated rings. The van der Waals surface area contributed by atoms with Crippen molar-refractivity contribution in [1.29, 1.82) is 0 Å². The summed E-state index contributed by atoms with van der Waals surface area (Å²) in [5.74, 6) is -0.370. The molecule has 31 heavy (non-hydrogen) atoms. The fraction of sp³-hybridized carbons (Fsp3) is 0.524. The predicted octanol–water partition coefficient (Wildman–Crippen LogP) is 2.86. The van der Waals surface area contributed by atoms with Crippen LogP contribution in [0, 0.1) is 0 Å². The molecule has 2 aliphatic rings. The van der Waals surface area contributed by atoms with Crippen LogP contribution in [0.15, 0.2) is 24.8 Å². The van der Waals surface area contributed by atoms with Gasteiger partial charge in [0.1, 0.15) is 0 Å². The number of ether oxygens (including phenoxy) is 3. The van der Waals surface area contributed by atoms with Crippen LogP contribution in [0.25, 0.3) is 0 Å². The first-order valence-electron chi connectivity index (χ1n) is 10.1. The smallest absolute Gasteiger partial charge is 0.303 e. The second-order valence-corrected chi connectivity index (χ2v) is 8.74. The maximum atomic E-state index is 12.5. The van der Waals surface area contributed by atoms with E-state index in [0.717, 1.165) is 12.8 Å². The van der Waals surface area contributed by atoms with E-state index in [-0.39, 0.29) is 24.7 Å². The van der Waals surface area contributed by atoms with Gasteiger partial charge >= 0.3 is 5.97 Å². The first kappa shape index (κ1) is 24.9. The zero-order chi connectivity index (χ0) is 22.8. The average Bonchev–Trinajstić information content (AvgIpc) is 3.53. The quantitative estimate of drug-likeness (QED) is 0.312. The van der Waals surface area contributed by atoms with Gasteiger partial charge in [-0.15, -0.1) is 6.58 Å². The Kier molecular flexibility index (Phi) is 10.0. The predicted molar refractivity (Wildman–Crippen MR) is 119 cm³/mol. The molecule has 0 saturated carbocycles. The van der Waals surface area contributed by atoms with E-state index in [1.807, 2.05) is 0 Å². The number of fused-ring (bicyclic) bond motifs is 2. The zero-order valence-electron chi connectivity index (χ0n) is 17.9. The summed E-state index contributed by atoms with van der Waals surface area (Å²) in [6, 6.07) is 3.15. The van der Waals surface area contributed by atoms with E-state index < -0.39 is 5.97 Å². The number of rotatable bonds is 8. The van der Waals surface area contributed by atoms with E-state index >= 15 is 0 Å². The van der Waals surface area contributed by atoms with E-state index in [1.54, 1.807) is 25.3 Å². The molecule has 0 radical (unpaired) electrons. The molecular weight excluding hydrogens is 423 g/mol. The van der Waals surface area contributed by atoms with E-state index in [1.165, 1.54) is 12.2 Å².